The highest BCUT2D eigenvalue weighted by atomic mass is 79.9. The zero-order valence-electron chi connectivity index (χ0n) is 11.6. The molecular formula is C16H14Br2FNO2. The molecule has 0 aliphatic heterocycles. The van der Waals surface area contributed by atoms with E-state index in [1.165, 1.54) is 12.1 Å². The van der Waals surface area contributed by atoms with E-state index in [1.807, 2.05) is 12.1 Å². The first-order valence-electron chi connectivity index (χ1n) is 6.63. The van der Waals surface area contributed by atoms with Gasteiger partial charge in [-0.25, -0.2) is 4.39 Å². The molecule has 0 saturated carbocycles. The molecule has 1 amide bonds. The van der Waals surface area contributed by atoms with Crippen molar-refractivity contribution in [3.8, 4) is 5.75 Å². The Morgan fingerprint density at radius 2 is 1.86 bits per heavy atom. The van der Waals surface area contributed by atoms with Crippen molar-refractivity contribution in [2.75, 3.05) is 13.2 Å². The summed E-state index contributed by atoms with van der Waals surface area (Å²) in [5, 5.41) is 2.76. The SMILES string of the molecule is O=C(COc1ccc(Br)cc1Br)NCCc1ccc(F)cc1. The van der Waals surface area contributed by atoms with E-state index in [9.17, 15) is 9.18 Å². The molecule has 22 heavy (non-hydrogen) atoms. The highest BCUT2D eigenvalue weighted by Gasteiger charge is 2.06. The van der Waals surface area contributed by atoms with Crippen LogP contribution in [0.2, 0.25) is 0 Å². The van der Waals surface area contributed by atoms with Gasteiger partial charge < -0.3 is 10.1 Å². The molecule has 0 unspecified atom stereocenters. The number of hydrogen-bond acceptors (Lipinski definition) is 2. The summed E-state index contributed by atoms with van der Waals surface area (Å²) in [7, 11) is 0. The van der Waals surface area contributed by atoms with E-state index < -0.39 is 0 Å². The summed E-state index contributed by atoms with van der Waals surface area (Å²) in [4.78, 5) is 11.7. The summed E-state index contributed by atoms with van der Waals surface area (Å²) in [5.41, 5.74) is 0.971. The van der Waals surface area contributed by atoms with Crippen LogP contribution in [0.1, 0.15) is 5.56 Å². The maximum Gasteiger partial charge on any atom is 0.257 e. The van der Waals surface area contributed by atoms with Crippen LogP contribution in [0, 0.1) is 5.82 Å². The second-order valence-corrected chi connectivity index (χ2v) is 6.36. The van der Waals surface area contributed by atoms with E-state index in [2.05, 4.69) is 37.2 Å². The molecule has 0 radical (unpaired) electrons. The van der Waals surface area contributed by atoms with Crippen molar-refractivity contribution >= 4 is 37.8 Å². The summed E-state index contributed by atoms with van der Waals surface area (Å²) >= 11 is 6.72. The van der Waals surface area contributed by atoms with Gasteiger partial charge in [0.05, 0.1) is 4.47 Å². The normalized spacial score (nSPS) is 10.3. The standard InChI is InChI=1S/C16H14Br2FNO2/c17-12-3-6-15(14(18)9-12)22-10-16(21)20-8-7-11-1-4-13(19)5-2-11/h1-6,9H,7-8,10H2,(H,20,21). The van der Waals surface area contributed by atoms with Gasteiger partial charge in [-0.2, -0.15) is 0 Å². The Kier molecular flexibility index (Phi) is 6.39. The lowest BCUT2D eigenvalue weighted by atomic mass is 10.1. The smallest absolute Gasteiger partial charge is 0.257 e. The van der Waals surface area contributed by atoms with Crippen LogP contribution in [0.5, 0.6) is 5.75 Å². The maximum absolute atomic E-state index is 12.8. The summed E-state index contributed by atoms with van der Waals surface area (Å²) in [6.45, 7) is 0.430. The van der Waals surface area contributed by atoms with E-state index in [1.54, 1.807) is 18.2 Å². The Balaban J connectivity index is 1.72. The Bertz CT molecular complexity index is 647. The van der Waals surface area contributed by atoms with E-state index in [4.69, 9.17) is 4.74 Å². The van der Waals surface area contributed by atoms with Gasteiger partial charge in [-0.05, 0) is 58.2 Å². The van der Waals surface area contributed by atoms with E-state index in [0.29, 0.717) is 18.7 Å². The first-order chi connectivity index (χ1) is 10.5. The van der Waals surface area contributed by atoms with Crippen molar-refractivity contribution in [2.45, 2.75) is 6.42 Å². The molecule has 0 bridgehead atoms. The molecule has 0 atom stereocenters. The number of carbonyl (C=O) groups is 1. The average molecular weight is 431 g/mol. The highest BCUT2D eigenvalue weighted by Crippen LogP contribution is 2.27. The van der Waals surface area contributed by atoms with Crippen LogP contribution in [0.25, 0.3) is 0 Å². The average Bonchev–Trinajstić information content (AvgIpc) is 2.48. The van der Waals surface area contributed by atoms with Gasteiger partial charge in [0.1, 0.15) is 11.6 Å². The van der Waals surface area contributed by atoms with Gasteiger partial charge in [-0.1, -0.05) is 28.1 Å². The zero-order valence-corrected chi connectivity index (χ0v) is 14.8. The quantitative estimate of drug-likeness (QED) is 0.749. The van der Waals surface area contributed by atoms with Crippen LogP contribution >= 0.6 is 31.9 Å². The van der Waals surface area contributed by atoms with Gasteiger partial charge in [0.2, 0.25) is 0 Å². The summed E-state index contributed by atoms with van der Waals surface area (Å²) in [6, 6.07) is 11.7. The monoisotopic (exact) mass is 429 g/mol. The predicted octanol–water partition coefficient (Wildman–Crippen LogP) is 4.09. The molecule has 0 aliphatic carbocycles. The number of amides is 1. The third-order valence-electron chi connectivity index (χ3n) is 2.90. The van der Waals surface area contributed by atoms with Crippen molar-refractivity contribution in [1.29, 1.82) is 0 Å². The molecule has 2 aromatic carbocycles. The molecule has 0 fully saturated rings. The van der Waals surface area contributed by atoms with Crippen molar-refractivity contribution in [3.05, 3.63) is 62.8 Å². The Morgan fingerprint density at radius 3 is 2.55 bits per heavy atom. The van der Waals surface area contributed by atoms with Crippen LogP contribution in [0.3, 0.4) is 0 Å². The predicted molar refractivity (Wildman–Crippen MR) is 90.5 cm³/mol. The van der Waals surface area contributed by atoms with Crippen LogP contribution in [0.4, 0.5) is 4.39 Å². The molecule has 0 aromatic heterocycles. The number of carbonyl (C=O) groups excluding carboxylic acids is 1. The molecule has 0 aliphatic rings. The molecule has 0 heterocycles. The van der Waals surface area contributed by atoms with E-state index in [-0.39, 0.29) is 18.3 Å². The fourth-order valence-electron chi connectivity index (χ4n) is 1.78. The minimum Gasteiger partial charge on any atom is -0.483 e. The zero-order chi connectivity index (χ0) is 15.9. The summed E-state index contributed by atoms with van der Waals surface area (Å²) in [5.74, 6) is 0.148. The lowest BCUT2D eigenvalue weighted by Gasteiger charge is -2.09. The molecule has 116 valence electrons. The lowest BCUT2D eigenvalue weighted by molar-refractivity contribution is -0.123. The number of ether oxygens (including phenoxy) is 1. The molecule has 0 spiro atoms. The van der Waals surface area contributed by atoms with Gasteiger partial charge in [0.25, 0.3) is 5.91 Å². The third kappa shape index (κ3) is 5.42. The minimum absolute atomic E-state index is 0.0519. The number of nitrogens with one attached hydrogen (secondary N) is 1. The topological polar surface area (TPSA) is 38.3 Å². The number of halogens is 3. The summed E-state index contributed by atoms with van der Waals surface area (Å²) < 4.78 is 19.9. The Morgan fingerprint density at radius 1 is 1.14 bits per heavy atom. The number of rotatable bonds is 6. The van der Waals surface area contributed by atoms with Crippen LogP contribution in [-0.4, -0.2) is 19.1 Å². The molecule has 3 nitrogen and oxygen atoms in total. The fraction of sp³-hybridized carbons (Fsp3) is 0.188. The summed E-state index contributed by atoms with van der Waals surface area (Å²) in [6.07, 6.45) is 0.647. The third-order valence-corrected chi connectivity index (χ3v) is 4.01. The molecule has 2 aromatic rings. The largest absolute Gasteiger partial charge is 0.483 e. The van der Waals surface area contributed by atoms with Gasteiger partial charge in [0, 0.05) is 11.0 Å². The first kappa shape index (κ1) is 17.0. The number of benzene rings is 2. The van der Waals surface area contributed by atoms with Gasteiger partial charge in [0.15, 0.2) is 6.61 Å². The first-order valence-corrected chi connectivity index (χ1v) is 8.22. The van der Waals surface area contributed by atoms with Crippen molar-refractivity contribution in [3.63, 3.8) is 0 Å². The van der Waals surface area contributed by atoms with Crippen molar-refractivity contribution < 1.29 is 13.9 Å². The Labute approximate surface area is 145 Å². The minimum atomic E-state index is -0.263. The molecule has 0 saturated heterocycles. The van der Waals surface area contributed by atoms with Crippen LogP contribution < -0.4 is 10.1 Å². The molecule has 2 rings (SSSR count). The van der Waals surface area contributed by atoms with Crippen LogP contribution in [0.15, 0.2) is 51.4 Å². The Hall–Kier alpha value is -1.40. The highest BCUT2D eigenvalue weighted by molar-refractivity contribution is 9.11. The van der Waals surface area contributed by atoms with Crippen molar-refractivity contribution in [1.82, 2.24) is 5.32 Å². The van der Waals surface area contributed by atoms with E-state index >= 15 is 0 Å². The van der Waals surface area contributed by atoms with Crippen molar-refractivity contribution in [2.24, 2.45) is 0 Å². The van der Waals surface area contributed by atoms with Gasteiger partial charge in [-0.15, -0.1) is 0 Å². The van der Waals surface area contributed by atoms with E-state index in [0.717, 1.165) is 14.5 Å². The number of hydrogen-bond donors (Lipinski definition) is 1. The lowest BCUT2D eigenvalue weighted by Crippen LogP contribution is -2.30. The molecule has 1 N–H and O–H groups in total. The second-order valence-electron chi connectivity index (χ2n) is 4.59. The van der Waals surface area contributed by atoms with Gasteiger partial charge >= 0.3 is 0 Å². The maximum atomic E-state index is 12.8. The molecule has 6 heteroatoms. The second kappa shape index (κ2) is 8.29. The molecular weight excluding hydrogens is 417 g/mol. The van der Waals surface area contributed by atoms with Gasteiger partial charge in [-0.3, -0.25) is 4.79 Å². The van der Waals surface area contributed by atoms with Crippen LogP contribution in [-0.2, 0) is 11.2 Å². The fourth-order valence-corrected chi connectivity index (χ4v) is 2.95.